The molecule has 0 radical (unpaired) electrons. The van der Waals surface area contributed by atoms with Crippen LogP contribution in [0.5, 0.6) is 0 Å². The number of carboxylic acids is 2. The van der Waals surface area contributed by atoms with Crippen molar-refractivity contribution in [2.45, 2.75) is 199 Å². The van der Waals surface area contributed by atoms with Crippen LogP contribution in [0, 0.1) is 17.8 Å². The van der Waals surface area contributed by atoms with E-state index in [1.165, 1.54) is 30.6 Å². The van der Waals surface area contributed by atoms with E-state index in [-0.39, 0.29) is 51.2 Å². The summed E-state index contributed by atoms with van der Waals surface area (Å²) in [5.74, 6) is -13.3. The third-order valence-electron chi connectivity index (χ3n) is 13.5. The van der Waals surface area contributed by atoms with Crippen molar-refractivity contribution < 1.29 is 72.5 Å². The molecule has 0 aliphatic carbocycles. The SMILES string of the molecule is CC[C@H](C)[C@H](NC(=O)[C@H](CC(=O)O)NC(=O)[C@@H]1CCCN1C(=O)[C@H](C)N)C(=O)N1CCC[C@H]1C(=O)N[C@@H](CC(C)C)C(=O)N[C@@H](C)C(=O)N[C@@H](CC(N)=O)C(=O)N[C@H](C(=O)N[C@@H](CCCCN)C(=O)N[C@@H](C)C(=O)O)C(C)C. The molecule has 16 N–H and O–H groups in total. The Bertz CT molecular complexity index is 2180. The van der Waals surface area contributed by atoms with Gasteiger partial charge in [0.1, 0.15) is 60.4 Å². The standard InChI is InChI=1S/C50H85N13O15/c1-10-26(6)39(61-44(71)33(23-37(65)66)59-45(72)34-16-13-19-62(34)48(75)27(7)52)49(76)63-20-14-17-35(63)46(73)58-31(21-24(2)3)42(69)54-28(8)40(67)57-32(22-36(53)64)43(70)60-38(25(4)5)47(74)56-30(15-11-12-18-51)41(68)55-29(9)50(77)78/h24-35,38-39H,10-23,51-52H2,1-9H3,(H2,53,64)(H,54,69)(H,55,68)(H,56,74)(H,57,67)(H,58,73)(H,59,72)(H,60,70)(H,61,71)(H,65,66)(H,77,78)/t26-,27-,28-,29-,30-,31-,32-,33-,34-,35-,38-,39-/m0/s1. The molecule has 0 spiro atoms. The zero-order valence-electron chi connectivity index (χ0n) is 46.3. The number of nitrogens with two attached hydrogens (primary N) is 3. The van der Waals surface area contributed by atoms with Crippen molar-refractivity contribution in [1.82, 2.24) is 52.3 Å². The second-order valence-corrected chi connectivity index (χ2v) is 21.0. The second-order valence-electron chi connectivity index (χ2n) is 21.0. The molecule has 12 atom stereocenters. The molecule has 0 aromatic heterocycles. The summed E-state index contributed by atoms with van der Waals surface area (Å²) >= 11 is 0. The van der Waals surface area contributed by atoms with Gasteiger partial charge in [-0.15, -0.1) is 0 Å². The summed E-state index contributed by atoms with van der Waals surface area (Å²) in [6.07, 6.45) is 0.964. The van der Waals surface area contributed by atoms with E-state index in [1.807, 2.05) is 0 Å². The van der Waals surface area contributed by atoms with Crippen LogP contribution in [-0.4, -0.2) is 183 Å². The average molecular weight is 1110 g/mol. The maximum absolute atomic E-state index is 14.4. The summed E-state index contributed by atoms with van der Waals surface area (Å²) in [4.78, 5) is 174. The summed E-state index contributed by atoms with van der Waals surface area (Å²) in [6.45, 7) is 14.7. The van der Waals surface area contributed by atoms with Crippen LogP contribution >= 0.6 is 0 Å². The Morgan fingerprint density at radius 1 is 0.551 bits per heavy atom. The van der Waals surface area contributed by atoms with Gasteiger partial charge < -0.3 is 79.7 Å². The van der Waals surface area contributed by atoms with Crippen molar-refractivity contribution in [1.29, 1.82) is 0 Å². The lowest BCUT2D eigenvalue weighted by Crippen LogP contribution is -2.61. The number of unbranched alkanes of at least 4 members (excludes halogenated alkanes) is 1. The molecule has 0 aromatic carbocycles. The van der Waals surface area contributed by atoms with E-state index in [4.69, 9.17) is 17.2 Å². The van der Waals surface area contributed by atoms with Gasteiger partial charge in [-0.1, -0.05) is 48.0 Å². The maximum atomic E-state index is 14.4. The number of nitrogens with zero attached hydrogens (tertiary/aromatic N) is 2. The van der Waals surface area contributed by atoms with Crippen LogP contribution in [0.4, 0.5) is 0 Å². The quantitative estimate of drug-likeness (QED) is 0.0291. The minimum atomic E-state index is -1.67. The van der Waals surface area contributed by atoms with Crippen molar-refractivity contribution in [2.24, 2.45) is 35.0 Å². The maximum Gasteiger partial charge on any atom is 0.325 e. The molecule has 2 saturated heterocycles. The highest BCUT2D eigenvalue weighted by molar-refractivity contribution is 6.00. The number of carbonyl (C=O) groups excluding carboxylic acids is 11. The van der Waals surface area contributed by atoms with Gasteiger partial charge in [0.15, 0.2) is 0 Å². The molecule has 0 unspecified atom stereocenters. The van der Waals surface area contributed by atoms with Gasteiger partial charge in [-0.3, -0.25) is 62.3 Å². The van der Waals surface area contributed by atoms with Gasteiger partial charge in [-0.2, -0.15) is 0 Å². The molecule has 11 amide bonds. The lowest BCUT2D eigenvalue weighted by Gasteiger charge is -2.33. The van der Waals surface area contributed by atoms with Crippen molar-refractivity contribution in [3.05, 3.63) is 0 Å². The van der Waals surface area contributed by atoms with Gasteiger partial charge in [0.05, 0.1) is 18.9 Å². The van der Waals surface area contributed by atoms with Crippen LogP contribution in [0.15, 0.2) is 0 Å². The van der Waals surface area contributed by atoms with Crippen LogP contribution in [0.1, 0.15) is 133 Å². The number of primary amides is 1. The Balaban J connectivity index is 2.26. The number of amides is 11. The Labute approximate surface area is 454 Å². The van der Waals surface area contributed by atoms with E-state index in [9.17, 15) is 72.5 Å². The molecule has 2 aliphatic rings. The lowest BCUT2D eigenvalue weighted by molar-refractivity contribution is -0.145. The van der Waals surface area contributed by atoms with Crippen LogP contribution in [0.3, 0.4) is 0 Å². The number of carboxylic acid groups (broad SMARTS) is 2. The van der Waals surface area contributed by atoms with E-state index in [2.05, 4.69) is 42.5 Å². The summed E-state index contributed by atoms with van der Waals surface area (Å²) in [6, 6.07) is -14.2. The zero-order valence-corrected chi connectivity index (χ0v) is 46.3. The highest BCUT2D eigenvalue weighted by Crippen LogP contribution is 2.23. The first-order chi connectivity index (χ1) is 36.4. The molecule has 440 valence electrons. The number of hydrogen-bond acceptors (Lipinski definition) is 15. The molecule has 78 heavy (non-hydrogen) atoms. The van der Waals surface area contributed by atoms with Gasteiger partial charge in [-0.25, -0.2) is 0 Å². The van der Waals surface area contributed by atoms with Crippen molar-refractivity contribution in [3.8, 4) is 0 Å². The number of nitrogens with one attached hydrogen (secondary N) is 8. The molecular formula is C50H85N13O15. The molecule has 0 saturated carbocycles. The molecule has 0 aromatic rings. The monoisotopic (exact) mass is 1110 g/mol. The van der Waals surface area contributed by atoms with Crippen LogP contribution in [0.25, 0.3) is 0 Å². The minimum Gasteiger partial charge on any atom is -0.481 e. The number of aliphatic carboxylic acids is 2. The molecule has 28 nitrogen and oxygen atoms in total. The molecule has 2 heterocycles. The molecule has 2 aliphatic heterocycles. The van der Waals surface area contributed by atoms with Gasteiger partial charge >= 0.3 is 11.9 Å². The third-order valence-corrected chi connectivity index (χ3v) is 13.5. The van der Waals surface area contributed by atoms with Gasteiger partial charge in [-0.05, 0) is 96.4 Å². The molecule has 0 bridgehead atoms. The Morgan fingerprint density at radius 3 is 1.50 bits per heavy atom. The predicted octanol–water partition coefficient (Wildman–Crippen LogP) is -3.45. The largest absolute Gasteiger partial charge is 0.481 e. The van der Waals surface area contributed by atoms with E-state index >= 15 is 0 Å². The topological polar surface area (TPSA) is 443 Å². The normalized spacial score (nSPS) is 19.0. The van der Waals surface area contributed by atoms with Gasteiger partial charge in [0, 0.05) is 13.1 Å². The highest BCUT2D eigenvalue weighted by Gasteiger charge is 2.43. The van der Waals surface area contributed by atoms with Crippen LogP contribution < -0.4 is 59.7 Å². The molecule has 2 fully saturated rings. The van der Waals surface area contributed by atoms with Crippen LogP contribution in [-0.2, 0) is 62.3 Å². The fourth-order valence-corrected chi connectivity index (χ4v) is 8.88. The summed E-state index contributed by atoms with van der Waals surface area (Å²) in [5, 5.41) is 39.0. The first kappa shape index (κ1) is 67.1. The minimum absolute atomic E-state index is 0.0479. The zero-order chi connectivity index (χ0) is 59.3. The first-order valence-corrected chi connectivity index (χ1v) is 26.7. The van der Waals surface area contributed by atoms with E-state index < -0.39 is 168 Å². The summed E-state index contributed by atoms with van der Waals surface area (Å²) < 4.78 is 0. The average Bonchev–Trinajstić information content (AvgIpc) is 4.06. The van der Waals surface area contributed by atoms with E-state index in [0.29, 0.717) is 32.1 Å². The molecular weight excluding hydrogens is 1020 g/mol. The summed E-state index contributed by atoms with van der Waals surface area (Å²) in [7, 11) is 0. The Hall–Kier alpha value is -6.97. The summed E-state index contributed by atoms with van der Waals surface area (Å²) in [5.41, 5.74) is 16.8. The smallest absolute Gasteiger partial charge is 0.325 e. The Morgan fingerprint density at radius 2 is 1.03 bits per heavy atom. The molecule has 2 rings (SSSR count). The number of rotatable bonds is 32. The number of likely N-dealkylation sites (tertiary alicyclic amines) is 2. The van der Waals surface area contributed by atoms with Crippen molar-refractivity contribution in [2.75, 3.05) is 19.6 Å². The van der Waals surface area contributed by atoms with Gasteiger partial charge in [0.25, 0.3) is 0 Å². The van der Waals surface area contributed by atoms with Crippen LogP contribution in [0.2, 0.25) is 0 Å². The fourth-order valence-electron chi connectivity index (χ4n) is 8.88. The van der Waals surface area contributed by atoms with Crippen molar-refractivity contribution >= 4 is 76.9 Å². The van der Waals surface area contributed by atoms with E-state index in [1.54, 1.807) is 41.5 Å². The number of carbonyl (C=O) groups is 13. The Kier molecular flexibility index (Phi) is 27.6. The third kappa shape index (κ3) is 20.8. The molecule has 28 heteroatoms. The first-order valence-electron chi connectivity index (χ1n) is 26.7. The second kappa shape index (κ2) is 32.1. The van der Waals surface area contributed by atoms with Gasteiger partial charge in [0.2, 0.25) is 65.0 Å². The fraction of sp³-hybridized carbons (Fsp3) is 0.740. The van der Waals surface area contributed by atoms with E-state index in [0.717, 1.165) is 0 Å². The lowest BCUT2D eigenvalue weighted by atomic mass is 9.96. The number of hydrogen-bond donors (Lipinski definition) is 13. The highest BCUT2D eigenvalue weighted by atomic mass is 16.4. The van der Waals surface area contributed by atoms with Crippen molar-refractivity contribution in [3.63, 3.8) is 0 Å². The predicted molar refractivity (Wildman–Crippen MR) is 280 cm³/mol.